The van der Waals surface area contributed by atoms with Gasteiger partial charge in [0.2, 0.25) is 0 Å². The van der Waals surface area contributed by atoms with Crippen LogP contribution in [-0.4, -0.2) is 75.2 Å². The molecule has 14 nitrogen and oxygen atoms in total. The van der Waals surface area contributed by atoms with E-state index in [1.807, 2.05) is 89.5 Å². The van der Waals surface area contributed by atoms with Crippen molar-refractivity contribution in [2.75, 3.05) is 26.1 Å². The molecule has 0 saturated carbocycles. The first kappa shape index (κ1) is 42.9. The summed E-state index contributed by atoms with van der Waals surface area (Å²) in [4.78, 5) is 28.0. The quantitative estimate of drug-likeness (QED) is 0.0529. The predicted molar refractivity (Wildman–Crippen MR) is 234 cm³/mol. The number of rotatable bonds is 17. The molecule has 0 radical (unpaired) electrons. The fraction of sp³-hybridized carbons (Fsp3) is 0.340. The molecule has 1 N–H and O–H groups in total. The molecule has 8 rings (SSSR count). The van der Waals surface area contributed by atoms with E-state index in [-0.39, 0.29) is 36.8 Å². The van der Waals surface area contributed by atoms with E-state index in [4.69, 9.17) is 38.0 Å². The number of carbonyl (C=O) groups is 1. The van der Waals surface area contributed by atoms with Gasteiger partial charge in [-0.15, -0.1) is 0 Å². The second-order valence-electron chi connectivity index (χ2n) is 15.6. The molecule has 5 atom stereocenters. The van der Waals surface area contributed by atoms with Crippen molar-refractivity contribution in [3.8, 4) is 17.6 Å². The smallest absolute Gasteiger partial charge is 0.259 e. The van der Waals surface area contributed by atoms with E-state index in [1.165, 1.54) is 6.33 Å². The molecular weight excluding hydrogens is 806 g/mol. The second kappa shape index (κ2) is 18.7. The third-order valence-corrected chi connectivity index (χ3v) is 13.2. The molecule has 2 bridgehead atoms. The number of nitriles is 1. The number of benzene rings is 4. The van der Waals surface area contributed by atoms with Crippen LogP contribution in [0.5, 0.6) is 11.5 Å². The van der Waals surface area contributed by atoms with Gasteiger partial charge in [-0.1, -0.05) is 72.8 Å². The number of imidazole rings is 1. The van der Waals surface area contributed by atoms with Crippen molar-refractivity contribution < 1.29 is 32.8 Å². The third-order valence-electron chi connectivity index (χ3n) is 11.1. The Bertz CT molecular complexity index is 2440. The highest BCUT2D eigenvalue weighted by atomic mass is 31.2. The normalized spacial score (nSPS) is 18.8. The molecule has 1 fully saturated rings. The monoisotopic (exact) mass is 855 g/mol. The number of methoxy groups -OCH3 is 2. The number of ether oxygens (including phenoxy) is 4. The summed E-state index contributed by atoms with van der Waals surface area (Å²) in [5.41, 5.74) is 2.54. The summed E-state index contributed by atoms with van der Waals surface area (Å²) < 4.78 is 43.8. The van der Waals surface area contributed by atoms with Crippen molar-refractivity contribution in [2.45, 2.75) is 82.8 Å². The van der Waals surface area contributed by atoms with Crippen molar-refractivity contribution in [1.29, 1.82) is 5.26 Å². The molecule has 4 aromatic carbocycles. The van der Waals surface area contributed by atoms with Crippen LogP contribution in [0.3, 0.4) is 0 Å². The van der Waals surface area contributed by atoms with Gasteiger partial charge < -0.3 is 33.3 Å². The maximum absolute atomic E-state index is 13.5. The van der Waals surface area contributed by atoms with E-state index >= 15 is 0 Å². The maximum Gasteiger partial charge on any atom is 0.259 e. The van der Waals surface area contributed by atoms with Gasteiger partial charge in [0.05, 0.1) is 39.4 Å². The molecule has 320 valence electrons. The predicted octanol–water partition coefficient (Wildman–Crippen LogP) is 9.11. The van der Waals surface area contributed by atoms with Gasteiger partial charge in [0.25, 0.3) is 14.4 Å². The van der Waals surface area contributed by atoms with Crippen LogP contribution in [0.1, 0.15) is 85.7 Å². The van der Waals surface area contributed by atoms with Crippen LogP contribution in [0.4, 0.5) is 5.82 Å². The van der Waals surface area contributed by atoms with Crippen LogP contribution in [0.15, 0.2) is 116 Å². The van der Waals surface area contributed by atoms with E-state index in [0.717, 1.165) is 16.7 Å². The molecule has 2 aromatic heterocycles. The van der Waals surface area contributed by atoms with Crippen LogP contribution in [0, 0.1) is 11.3 Å². The number of hydrogen-bond donors (Lipinski definition) is 1. The van der Waals surface area contributed by atoms with Crippen molar-refractivity contribution in [3.05, 3.63) is 144 Å². The van der Waals surface area contributed by atoms with Gasteiger partial charge in [0.15, 0.2) is 17.0 Å². The molecule has 1 unspecified atom stereocenters. The van der Waals surface area contributed by atoms with Gasteiger partial charge in [0, 0.05) is 24.1 Å². The van der Waals surface area contributed by atoms with Crippen molar-refractivity contribution in [2.24, 2.45) is 0 Å². The number of aromatic nitrogens is 4. The zero-order valence-corrected chi connectivity index (χ0v) is 36.4. The minimum atomic E-state index is -1.66. The van der Waals surface area contributed by atoms with Crippen LogP contribution in [-0.2, 0) is 24.1 Å². The lowest BCUT2D eigenvalue weighted by atomic mass is 9.79. The summed E-state index contributed by atoms with van der Waals surface area (Å²) in [5, 5.41) is 12.4. The molecule has 1 saturated heterocycles. The summed E-state index contributed by atoms with van der Waals surface area (Å²) in [6.45, 7) is 8.64. The molecule has 2 aliphatic heterocycles. The van der Waals surface area contributed by atoms with Crippen LogP contribution in [0.25, 0.3) is 11.2 Å². The summed E-state index contributed by atoms with van der Waals surface area (Å²) >= 11 is 0. The van der Waals surface area contributed by atoms with E-state index in [1.54, 1.807) is 38.5 Å². The third kappa shape index (κ3) is 8.28. The van der Waals surface area contributed by atoms with E-state index in [2.05, 4.69) is 48.7 Å². The van der Waals surface area contributed by atoms with Gasteiger partial charge in [0.1, 0.15) is 47.7 Å². The first-order chi connectivity index (χ1) is 30.2. The molecular formula is C47H50N7O7P. The second-order valence-corrected chi connectivity index (χ2v) is 17.0. The van der Waals surface area contributed by atoms with Crippen molar-refractivity contribution >= 4 is 31.4 Å². The van der Waals surface area contributed by atoms with Gasteiger partial charge in [-0.3, -0.25) is 9.36 Å². The van der Waals surface area contributed by atoms with Gasteiger partial charge in [-0.25, -0.2) is 19.6 Å². The molecule has 4 heterocycles. The zero-order chi connectivity index (χ0) is 43.4. The minimum Gasteiger partial charge on any atom is -0.497 e. The number of hydrogen-bond acceptors (Lipinski definition) is 12. The van der Waals surface area contributed by atoms with E-state index < -0.39 is 38.7 Å². The summed E-state index contributed by atoms with van der Waals surface area (Å²) in [7, 11) is 1.61. The molecule has 6 aromatic rings. The topological polar surface area (TPSA) is 155 Å². The van der Waals surface area contributed by atoms with E-state index in [9.17, 15) is 10.1 Å². The fourth-order valence-corrected chi connectivity index (χ4v) is 10.1. The number of carbonyl (C=O) groups excluding carboxylic acids is 1. The Morgan fingerprint density at radius 1 is 0.887 bits per heavy atom. The lowest BCUT2D eigenvalue weighted by Gasteiger charge is -2.42. The lowest BCUT2D eigenvalue weighted by molar-refractivity contribution is -0.166. The van der Waals surface area contributed by atoms with Crippen molar-refractivity contribution in [3.63, 3.8) is 0 Å². The Labute approximate surface area is 362 Å². The van der Waals surface area contributed by atoms with Crippen molar-refractivity contribution in [1.82, 2.24) is 24.2 Å². The Morgan fingerprint density at radius 3 is 2.06 bits per heavy atom. The van der Waals surface area contributed by atoms with E-state index in [0.29, 0.717) is 40.5 Å². The van der Waals surface area contributed by atoms with Gasteiger partial charge in [-0.2, -0.15) is 5.26 Å². The SMILES string of the molecule is COc1ccc(C(O[C@H]2c3nc4c(NC(=O)c5ccccc5)ncnc4n3[C@H]3C[C@H](OP(OCCC#N)N(C(C)C)C(C)C)[C@@H]2O3)(c2ccccc2)c2ccc(OC)cc2)cc1. The standard InChI is InChI=1S/C47H50N7O7P/c1-30(2)54(31(3)4)62(58-27-13-26-48)61-38-28-39-53-44-40(43(49-29-50-44)52-46(55)32-14-9-7-10-15-32)51-45(53)42(41(38)59-39)60-47(33-16-11-8-12-17-33,34-18-22-36(56-5)23-19-34)35-20-24-37(57-6)25-21-35/h7-12,14-25,29-31,38-39,41-42H,13,27-28H2,1-6H3,(H,49,50,52,55)/t38-,39+,41-,42+,62?/m0/s1. The lowest BCUT2D eigenvalue weighted by Crippen LogP contribution is -2.43. The summed E-state index contributed by atoms with van der Waals surface area (Å²) in [5.74, 6) is 1.83. The summed E-state index contributed by atoms with van der Waals surface area (Å²) in [6.07, 6.45) is -0.674. The highest BCUT2D eigenvalue weighted by Gasteiger charge is 2.55. The number of nitrogens with zero attached hydrogens (tertiary/aromatic N) is 6. The zero-order valence-electron chi connectivity index (χ0n) is 35.5. The molecule has 2 aliphatic rings. The van der Waals surface area contributed by atoms with Crippen LogP contribution < -0.4 is 14.8 Å². The molecule has 0 spiro atoms. The fourth-order valence-electron chi connectivity index (χ4n) is 8.36. The highest BCUT2D eigenvalue weighted by Crippen LogP contribution is 2.56. The summed E-state index contributed by atoms with van der Waals surface area (Å²) in [6, 6.07) is 37.0. The average Bonchev–Trinajstić information content (AvgIpc) is 3.87. The number of fused-ring (bicyclic) bond motifs is 6. The Balaban J connectivity index is 1.32. The number of amides is 1. The number of nitrogens with one attached hydrogen (secondary N) is 1. The molecule has 0 aliphatic carbocycles. The molecule has 15 heteroatoms. The van der Waals surface area contributed by atoms with Crippen LogP contribution >= 0.6 is 8.53 Å². The maximum atomic E-state index is 13.5. The molecule has 1 amide bonds. The number of anilines is 1. The Kier molecular flexibility index (Phi) is 12.9. The first-order valence-corrected chi connectivity index (χ1v) is 21.8. The van der Waals surface area contributed by atoms with Gasteiger partial charge in [-0.05, 0) is 80.8 Å². The Hall–Kier alpha value is -5.78. The van der Waals surface area contributed by atoms with Gasteiger partial charge >= 0.3 is 0 Å². The minimum absolute atomic E-state index is 0.0772. The van der Waals surface area contributed by atoms with Crippen LogP contribution in [0.2, 0.25) is 0 Å². The highest BCUT2D eigenvalue weighted by molar-refractivity contribution is 7.44. The largest absolute Gasteiger partial charge is 0.497 e. The molecule has 62 heavy (non-hydrogen) atoms. The first-order valence-electron chi connectivity index (χ1n) is 20.7. The average molecular weight is 856 g/mol. The Morgan fingerprint density at radius 2 is 1.48 bits per heavy atom.